The van der Waals surface area contributed by atoms with E-state index in [2.05, 4.69) is 415 Å². The highest BCUT2D eigenvalue weighted by Crippen LogP contribution is 2.48. The maximum Gasteiger partial charge on any atom is 0.0540 e. The van der Waals surface area contributed by atoms with Crippen LogP contribution in [-0.4, -0.2) is 0 Å². The molecule has 0 saturated carbocycles. The third-order valence-electron chi connectivity index (χ3n) is 20.4. The van der Waals surface area contributed by atoms with Crippen molar-refractivity contribution in [3.63, 3.8) is 0 Å². The minimum absolute atomic E-state index is 0.136. The van der Waals surface area contributed by atoms with Crippen LogP contribution in [0.15, 0.2) is 400 Å². The largest absolute Gasteiger partial charge is 0.314 e. The third-order valence-corrected chi connectivity index (χ3v) is 20.4. The van der Waals surface area contributed by atoms with Crippen molar-refractivity contribution in [3.8, 4) is 33.4 Å². The second-order valence-corrected chi connectivity index (χ2v) is 26.4. The van der Waals surface area contributed by atoms with Gasteiger partial charge in [0.15, 0.2) is 0 Å². The van der Waals surface area contributed by atoms with Crippen molar-refractivity contribution < 1.29 is 0 Å². The minimum atomic E-state index is 0.136. The van der Waals surface area contributed by atoms with Gasteiger partial charge in [-0.2, -0.15) is 0 Å². The lowest BCUT2D eigenvalue weighted by Crippen LogP contribution is -2.27. The van der Waals surface area contributed by atoms with Gasteiger partial charge in [0.05, 0.1) is 22.7 Å². The van der Waals surface area contributed by atoms with Gasteiger partial charge < -0.3 is 19.6 Å². The van der Waals surface area contributed by atoms with Gasteiger partial charge in [-0.15, -0.1) is 0 Å². The number of rotatable bonds is 15. The second kappa shape index (κ2) is 26.1. The third kappa shape index (κ3) is 11.3. The van der Waals surface area contributed by atoms with E-state index in [0.29, 0.717) is 0 Å². The molecule has 0 N–H and O–H groups in total. The van der Waals surface area contributed by atoms with Crippen LogP contribution in [-0.2, 0) is 0 Å². The van der Waals surface area contributed by atoms with E-state index >= 15 is 0 Å². The Morgan fingerprint density at radius 1 is 0.208 bits per heavy atom. The fourth-order valence-corrected chi connectivity index (χ4v) is 15.5. The van der Waals surface area contributed by atoms with Gasteiger partial charge in [0.1, 0.15) is 0 Å². The first kappa shape index (κ1) is 60.4. The van der Waals surface area contributed by atoms with Crippen LogP contribution >= 0.6 is 0 Å². The van der Waals surface area contributed by atoms with E-state index in [4.69, 9.17) is 0 Å². The molecule has 0 amide bonds. The average molecular weight is 1290 g/mol. The standard InChI is InChI=1S/C97H70N4/c1-67-66-84(100(96-42-18-30-74-24-6-12-36-91(74)96)80-58-50-77(51-59-80)88-39-15-27-71-21-3-9-33-86(71)88)64-65-93(67)101(97-43-19-31-75-25-7-13-37-92(75)97)83-54-46-69(47-55-83)68-44-52-78(53-45-68)98(94-40-16-28-72-22-4-10-34-89(72)94)81-60-62-82(63-61-81)99(95-41-17-29-73-23-5-11-35-90(73)95)79-56-48-76(49-57-79)87-38-14-26-70-20-2-8-32-85(70)87/h2-65,67H,66H2,1H3. The average Bonchev–Trinajstić information content (AvgIpc) is 0.770. The predicted molar refractivity (Wildman–Crippen MR) is 431 cm³/mol. The van der Waals surface area contributed by atoms with E-state index in [0.717, 1.165) is 74.4 Å². The Kier molecular flexibility index (Phi) is 15.6. The zero-order valence-corrected chi connectivity index (χ0v) is 56.0. The van der Waals surface area contributed by atoms with Crippen LogP contribution in [0.2, 0.25) is 0 Å². The molecule has 0 bridgehead atoms. The van der Waals surface area contributed by atoms with Gasteiger partial charge in [-0.05, 0) is 192 Å². The highest BCUT2D eigenvalue weighted by atomic mass is 15.2. The molecule has 101 heavy (non-hydrogen) atoms. The first-order valence-corrected chi connectivity index (χ1v) is 35.0. The summed E-state index contributed by atoms with van der Waals surface area (Å²) in [4.78, 5) is 9.81. The topological polar surface area (TPSA) is 13.0 Å². The maximum atomic E-state index is 2.51. The summed E-state index contributed by atoms with van der Waals surface area (Å²) in [7, 11) is 0. The Balaban J connectivity index is 0.691. The van der Waals surface area contributed by atoms with Crippen molar-refractivity contribution in [1.82, 2.24) is 0 Å². The van der Waals surface area contributed by atoms with Gasteiger partial charge >= 0.3 is 0 Å². The van der Waals surface area contributed by atoms with Crippen molar-refractivity contribution >= 4 is 122 Å². The minimum Gasteiger partial charge on any atom is -0.314 e. The SMILES string of the molecule is CC1CC(N(c2ccc(-c3cccc4ccccc34)cc2)c2cccc3ccccc23)=CC=C1N(c1ccc(-c2ccc(N(c3ccc(N(c4ccc(-c5cccc6ccccc56)cc4)c4cccc5ccccc45)cc3)c3cccc4ccccc34)cc2)cc1)c1cccc2ccccc12. The van der Waals surface area contributed by atoms with Gasteiger partial charge in [0.2, 0.25) is 0 Å². The molecule has 18 rings (SSSR count). The van der Waals surface area contributed by atoms with Crippen LogP contribution in [0.1, 0.15) is 13.3 Å². The zero-order chi connectivity index (χ0) is 67.2. The Bertz CT molecular complexity index is 5980. The zero-order valence-electron chi connectivity index (χ0n) is 56.0. The van der Waals surface area contributed by atoms with E-state index in [-0.39, 0.29) is 5.92 Å². The Morgan fingerprint density at radius 2 is 0.455 bits per heavy atom. The second-order valence-electron chi connectivity index (χ2n) is 26.4. The number of anilines is 10. The van der Waals surface area contributed by atoms with Crippen molar-refractivity contribution in [2.75, 3.05) is 19.6 Å². The Labute approximate surface area is 589 Å². The maximum absolute atomic E-state index is 2.51. The van der Waals surface area contributed by atoms with E-state index in [9.17, 15) is 0 Å². The summed E-state index contributed by atoms with van der Waals surface area (Å²) >= 11 is 0. The lowest BCUT2D eigenvalue weighted by Gasteiger charge is -2.37. The molecule has 0 saturated heterocycles. The first-order chi connectivity index (χ1) is 50.0. The summed E-state index contributed by atoms with van der Waals surface area (Å²) in [6, 6.07) is 138. The van der Waals surface area contributed by atoms with E-state index in [1.807, 2.05) is 0 Å². The van der Waals surface area contributed by atoms with Gasteiger partial charge in [-0.3, -0.25) is 0 Å². The molecule has 4 nitrogen and oxygen atoms in total. The lowest BCUT2D eigenvalue weighted by molar-refractivity contribution is 0.640. The van der Waals surface area contributed by atoms with E-state index < -0.39 is 0 Å². The number of benzene rings is 17. The van der Waals surface area contributed by atoms with Crippen molar-refractivity contribution in [3.05, 3.63) is 400 Å². The Morgan fingerprint density at radius 3 is 0.802 bits per heavy atom. The first-order valence-electron chi connectivity index (χ1n) is 35.0. The summed E-state index contributed by atoms with van der Waals surface area (Å²) in [6.07, 6.45) is 5.56. The van der Waals surface area contributed by atoms with E-state index in [1.165, 1.54) is 98.3 Å². The molecule has 0 aliphatic heterocycles. The molecule has 0 heterocycles. The van der Waals surface area contributed by atoms with Gasteiger partial charge in [0.25, 0.3) is 0 Å². The van der Waals surface area contributed by atoms with Crippen LogP contribution in [0.4, 0.5) is 56.9 Å². The van der Waals surface area contributed by atoms with Crippen LogP contribution in [0.25, 0.3) is 98.0 Å². The van der Waals surface area contributed by atoms with Crippen molar-refractivity contribution in [2.45, 2.75) is 13.3 Å². The highest BCUT2D eigenvalue weighted by molar-refractivity contribution is 6.04. The smallest absolute Gasteiger partial charge is 0.0540 e. The summed E-state index contributed by atoms with van der Waals surface area (Å²) in [5.74, 6) is 0.136. The molecule has 17 aromatic rings. The number of hydrogen-bond acceptors (Lipinski definition) is 4. The molecule has 0 fully saturated rings. The highest BCUT2D eigenvalue weighted by Gasteiger charge is 2.29. The lowest BCUT2D eigenvalue weighted by atomic mass is 9.92. The molecule has 4 heteroatoms. The number of allylic oxidation sites excluding steroid dienone is 4. The molecule has 0 spiro atoms. The summed E-state index contributed by atoms with van der Waals surface area (Å²) < 4.78 is 0. The molecule has 1 unspecified atom stereocenters. The van der Waals surface area contributed by atoms with Gasteiger partial charge in [-0.25, -0.2) is 0 Å². The fourth-order valence-electron chi connectivity index (χ4n) is 15.5. The van der Waals surface area contributed by atoms with Crippen LogP contribution < -0.4 is 19.6 Å². The van der Waals surface area contributed by atoms with Gasteiger partial charge in [-0.1, -0.05) is 286 Å². The monoisotopic (exact) mass is 1290 g/mol. The molecule has 0 aromatic heterocycles. The number of fused-ring (bicyclic) bond motifs is 6. The van der Waals surface area contributed by atoms with E-state index in [1.54, 1.807) is 0 Å². The summed E-state index contributed by atoms with van der Waals surface area (Å²) in [5, 5.41) is 14.6. The molecular formula is C97H70N4. The van der Waals surface area contributed by atoms with Crippen molar-refractivity contribution in [1.29, 1.82) is 0 Å². The molecule has 1 aliphatic carbocycles. The van der Waals surface area contributed by atoms with Crippen molar-refractivity contribution in [2.24, 2.45) is 5.92 Å². The van der Waals surface area contributed by atoms with Crippen LogP contribution in [0.5, 0.6) is 0 Å². The van der Waals surface area contributed by atoms with Gasteiger partial charge in [0, 0.05) is 73.0 Å². The molecule has 1 aliphatic rings. The quantitative estimate of drug-likeness (QED) is 0.101. The molecule has 478 valence electrons. The number of hydrogen-bond donors (Lipinski definition) is 0. The number of nitrogens with zero attached hydrogens (tertiary/aromatic N) is 4. The molecule has 0 radical (unpaired) electrons. The van der Waals surface area contributed by atoms with Crippen LogP contribution in [0.3, 0.4) is 0 Å². The molecule has 1 atom stereocenters. The van der Waals surface area contributed by atoms with Crippen LogP contribution in [0, 0.1) is 5.92 Å². The normalized spacial score (nSPS) is 13.0. The molecular weight excluding hydrogens is 1220 g/mol. The Hall–Kier alpha value is -13.0. The summed E-state index contributed by atoms with van der Waals surface area (Å²) in [6.45, 7) is 2.39. The molecule has 17 aromatic carbocycles. The fraction of sp³-hybridized carbons (Fsp3) is 0.0309. The summed E-state index contributed by atoms with van der Waals surface area (Å²) in [5.41, 5.74) is 20.6. The predicted octanol–water partition coefficient (Wildman–Crippen LogP) is 27.3.